The maximum atomic E-state index is 5.90. The van der Waals surface area contributed by atoms with Gasteiger partial charge in [-0.3, -0.25) is 0 Å². The Morgan fingerprint density at radius 1 is 1.20 bits per heavy atom. The van der Waals surface area contributed by atoms with Crippen LogP contribution >= 0.6 is 27.5 Å². The van der Waals surface area contributed by atoms with Crippen molar-refractivity contribution < 1.29 is 0 Å². The molecule has 2 heteroatoms. The first kappa shape index (κ1) is 11.5. The standard InChI is InChI=1S/C13H16BrCl/c1-13(8-2-3-9-13)12(14)10-4-6-11(15)7-5-10/h4-7,12H,2-3,8-9H2,1H3. The number of alkyl halides is 1. The van der Waals surface area contributed by atoms with Crippen molar-refractivity contribution in [1.29, 1.82) is 0 Å². The highest BCUT2D eigenvalue weighted by Crippen LogP contribution is 2.51. The lowest BCUT2D eigenvalue weighted by atomic mass is 9.82. The first-order valence-electron chi connectivity index (χ1n) is 5.51. The molecule has 1 aliphatic carbocycles. The summed E-state index contributed by atoms with van der Waals surface area (Å²) >= 11 is 9.75. The molecular formula is C13H16BrCl. The van der Waals surface area contributed by atoms with Crippen molar-refractivity contribution in [2.75, 3.05) is 0 Å². The van der Waals surface area contributed by atoms with Gasteiger partial charge in [-0.2, -0.15) is 0 Å². The van der Waals surface area contributed by atoms with Gasteiger partial charge in [0.25, 0.3) is 0 Å². The average molecular weight is 288 g/mol. The van der Waals surface area contributed by atoms with Crippen LogP contribution in [0.2, 0.25) is 5.02 Å². The predicted octanol–water partition coefficient (Wildman–Crippen LogP) is 5.36. The molecule has 1 aliphatic rings. The van der Waals surface area contributed by atoms with Gasteiger partial charge >= 0.3 is 0 Å². The lowest BCUT2D eigenvalue weighted by Gasteiger charge is -2.30. The second kappa shape index (κ2) is 4.47. The summed E-state index contributed by atoms with van der Waals surface area (Å²) in [6.45, 7) is 2.38. The molecule has 82 valence electrons. The molecule has 0 heterocycles. The maximum absolute atomic E-state index is 5.90. The molecule has 0 saturated heterocycles. The van der Waals surface area contributed by atoms with Crippen molar-refractivity contribution in [3.8, 4) is 0 Å². The normalized spacial score (nSPS) is 21.5. The van der Waals surface area contributed by atoms with Gasteiger partial charge < -0.3 is 0 Å². The minimum absolute atomic E-state index is 0.424. The molecule has 0 nitrogen and oxygen atoms in total. The van der Waals surface area contributed by atoms with E-state index in [4.69, 9.17) is 11.6 Å². The molecule has 0 radical (unpaired) electrons. The summed E-state index contributed by atoms with van der Waals surface area (Å²) in [7, 11) is 0. The van der Waals surface area contributed by atoms with E-state index in [0.717, 1.165) is 5.02 Å². The number of rotatable bonds is 2. The third-order valence-electron chi connectivity index (χ3n) is 3.52. The van der Waals surface area contributed by atoms with Gasteiger partial charge in [0.2, 0.25) is 0 Å². The van der Waals surface area contributed by atoms with Gasteiger partial charge in [-0.05, 0) is 36.0 Å². The van der Waals surface area contributed by atoms with Crippen molar-refractivity contribution in [3.05, 3.63) is 34.9 Å². The molecule has 1 aromatic rings. The fraction of sp³-hybridized carbons (Fsp3) is 0.538. The van der Waals surface area contributed by atoms with Gasteiger partial charge in [0.05, 0.1) is 0 Å². The highest BCUT2D eigenvalue weighted by Gasteiger charge is 2.36. The second-order valence-electron chi connectivity index (χ2n) is 4.78. The van der Waals surface area contributed by atoms with E-state index < -0.39 is 0 Å². The third kappa shape index (κ3) is 2.39. The molecule has 0 aliphatic heterocycles. The van der Waals surface area contributed by atoms with Crippen LogP contribution in [0.3, 0.4) is 0 Å². The molecular weight excluding hydrogens is 272 g/mol. The fourth-order valence-electron chi connectivity index (χ4n) is 2.47. The van der Waals surface area contributed by atoms with E-state index in [0.29, 0.717) is 10.2 Å². The summed E-state index contributed by atoms with van der Waals surface area (Å²) in [5.41, 5.74) is 1.78. The van der Waals surface area contributed by atoms with Crippen molar-refractivity contribution in [1.82, 2.24) is 0 Å². The van der Waals surface area contributed by atoms with Crippen LogP contribution < -0.4 is 0 Å². The molecule has 2 rings (SSSR count). The highest BCUT2D eigenvalue weighted by atomic mass is 79.9. The van der Waals surface area contributed by atoms with Crippen LogP contribution in [-0.4, -0.2) is 0 Å². The fourth-order valence-corrected chi connectivity index (χ4v) is 3.36. The van der Waals surface area contributed by atoms with E-state index in [9.17, 15) is 0 Å². The van der Waals surface area contributed by atoms with Gasteiger partial charge in [0, 0.05) is 9.85 Å². The van der Waals surface area contributed by atoms with E-state index >= 15 is 0 Å². The van der Waals surface area contributed by atoms with Crippen molar-refractivity contribution >= 4 is 27.5 Å². The van der Waals surface area contributed by atoms with Crippen LogP contribution in [0.5, 0.6) is 0 Å². The molecule has 1 saturated carbocycles. The first-order valence-corrected chi connectivity index (χ1v) is 6.81. The van der Waals surface area contributed by atoms with E-state index in [1.807, 2.05) is 12.1 Å². The lowest BCUT2D eigenvalue weighted by Crippen LogP contribution is -2.17. The van der Waals surface area contributed by atoms with Crippen molar-refractivity contribution in [2.45, 2.75) is 37.4 Å². The number of halogens is 2. The van der Waals surface area contributed by atoms with Crippen LogP contribution in [0.15, 0.2) is 24.3 Å². The Labute approximate surface area is 105 Å². The topological polar surface area (TPSA) is 0 Å². The zero-order chi connectivity index (χ0) is 10.9. The zero-order valence-electron chi connectivity index (χ0n) is 8.97. The molecule has 1 aromatic carbocycles. The average Bonchev–Trinajstić information content (AvgIpc) is 2.67. The van der Waals surface area contributed by atoms with E-state index in [1.165, 1.54) is 31.2 Å². The van der Waals surface area contributed by atoms with Gasteiger partial charge in [-0.25, -0.2) is 0 Å². The van der Waals surface area contributed by atoms with Gasteiger partial charge in [0.15, 0.2) is 0 Å². The first-order chi connectivity index (χ1) is 7.12. The van der Waals surface area contributed by atoms with Gasteiger partial charge in [0.1, 0.15) is 0 Å². The summed E-state index contributed by atoms with van der Waals surface area (Å²) in [5, 5.41) is 0.815. The van der Waals surface area contributed by atoms with Crippen LogP contribution in [0.25, 0.3) is 0 Å². The molecule has 0 aromatic heterocycles. The molecule has 1 unspecified atom stereocenters. The summed E-state index contributed by atoms with van der Waals surface area (Å²) in [6.07, 6.45) is 5.38. The van der Waals surface area contributed by atoms with E-state index in [-0.39, 0.29) is 0 Å². The van der Waals surface area contributed by atoms with Crippen LogP contribution in [0, 0.1) is 5.41 Å². The van der Waals surface area contributed by atoms with E-state index in [1.54, 1.807) is 0 Å². The van der Waals surface area contributed by atoms with Crippen LogP contribution in [0.1, 0.15) is 43.0 Å². The third-order valence-corrected chi connectivity index (χ3v) is 5.41. The summed E-state index contributed by atoms with van der Waals surface area (Å²) in [4.78, 5) is 0.463. The van der Waals surface area contributed by atoms with Crippen molar-refractivity contribution in [2.24, 2.45) is 5.41 Å². The molecule has 1 atom stereocenters. The predicted molar refractivity (Wildman–Crippen MR) is 69.7 cm³/mol. The van der Waals surface area contributed by atoms with Crippen LogP contribution in [0.4, 0.5) is 0 Å². The van der Waals surface area contributed by atoms with Crippen LogP contribution in [-0.2, 0) is 0 Å². The SMILES string of the molecule is CC1(C(Br)c2ccc(Cl)cc2)CCCC1. The molecule has 1 fully saturated rings. The monoisotopic (exact) mass is 286 g/mol. The quantitative estimate of drug-likeness (QED) is 0.643. The van der Waals surface area contributed by atoms with Gasteiger partial charge in [-0.1, -0.05) is 59.4 Å². The molecule has 0 N–H and O–H groups in total. The Hall–Kier alpha value is -0.0100. The molecule has 15 heavy (non-hydrogen) atoms. The van der Waals surface area contributed by atoms with Crippen molar-refractivity contribution in [3.63, 3.8) is 0 Å². The Balaban J connectivity index is 2.19. The Morgan fingerprint density at radius 2 is 1.73 bits per heavy atom. The molecule has 0 bridgehead atoms. The number of hydrogen-bond acceptors (Lipinski definition) is 0. The molecule has 0 amide bonds. The number of benzene rings is 1. The van der Waals surface area contributed by atoms with E-state index in [2.05, 4.69) is 35.0 Å². The lowest BCUT2D eigenvalue weighted by molar-refractivity contribution is 0.331. The maximum Gasteiger partial charge on any atom is 0.0448 e. The summed E-state index contributed by atoms with van der Waals surface area (Å²) < 4.78 is 0. The Bertz CT molecular complexity index is 325. The second-order valence-corrected chi connectivity index (χ2v) is 6.13. The minimum atomic E-state index is 0.424. The summed E-state index contributed by atoms with van der Waals surface area (Å²) in [6, 6.07) is 8.21. The summed E-state index contributed by atoms with van der Waals surface area (Å²) in [5.74, 6) is 0. The molecule has 0 spiro atoms. The smallest absolute Gasteiger partial charge is 0.0448 e. The zero-order valence-corrected chi connectivity index (χ0v) is 11.3. The highest BCUT2D eigenvalue weighted by molar-refractivity contribution is 9.09. The number of hydrogen-bond donors (Lipinski definition) is 0. The Morgan fingerprint density at radius 3 is 2.27 bits per heavy atom. The van der Waals surface area contributed by atoms with Gasteiger partial charge in [-0.15, -0.1) is 0 Å². The largest absolute Gasteiger partial charge is 0.0843 e. The Kier molecular flexibility index (Phi) is 3.42. The minimum Gasteiger partial charge on any atom is -0.0843 e.